The number of fused-ring (bicyclic) bond motifs is 1. The molecule has 4 heteroatoms. The first-order valence-corrected chi connectivity index (χ1v) is 5.58. The first-order valence-electron chi connectivity index (χ1n) is 7.08. The van der Waals surface area contributed by atoms with Crippen LogP contribution in [0, 0.1) is 0 Å². The highest BCUT2D eigenvalue weighted by Gasteiger charge is 2.20. The average molecular weight is 238 g/mol. The van der Waals surface area contributed by atoms with Crippen LogP contribution in [0.15, 0.2) is 18.2 Å². The lowest BCUT2D eigenvalue weighted by molar-refractivity contribution is 0.0941. The van der Waals surface area contributed by atoms with Gasteiger partial charge in [0.2, 0.25) is 6.79 Å². The van der Waals surface area contributed by atoms with Crippen molar-refractivity contribution in [3.8, 4) is 11.5 Å². The maximum Gasteiger partial charge on any atom is 0.231 e. The van der Waals surface area contributed by atoms with E-state index < -0.39 is 12.9 Å². The SMILES string of the molecule is [2H]C([2H])([2H])CNC(CC)C(=O)c1ccc2c(c1)OCO2. The minimum absolute atomic E-state index is 0.143. The van der Waals surface area contributed by atoms with Crippen molar-refractivity contribution in [2.24, 2.45) is 0 Å². The highest BCUT2D eigenvalue weighted by molar-refractivity contribution is 6.00. The number of Topliss-reactive ketones (excluding diaryl/α,β-unsaturated/α-hetero) is 1. The van der Waals surface area contributed by atoms with E-state index in [1.54, 1.807) is 18.2 Å². The number of benzene rings is 1. The Labute approximate surface area is 105 Å². The zero-order valence-corrected chi connectivity index (χ0v) is 9.66. The Hall–Kier alpha value is -1.55. The molecule has 1 N–H and O–H groups in total. The fraction of sp³-hybridized carbons (Fsp3) is 0.462. The van der Waals surface area contributed by atoms with Gasteiger partial charge in [0.1, 0.15) is 0 Å². The lowest BCUT2D eigenvalue weighted by Gasteiger charge is -2.14. The molecule has 1 aliphatic heterocycles. The molecule has 1 heterocycles. The molecule has 0 bridgehead atoms. The lowest BCUT2D eigenvalue weighted by Crippen LogP contribution is -2.35. The first-order chi connectivity index (χ1) is 9.40. The van der Waals surface area contributed by atoms with Gasteiger partial charge in [-0.2, -0.15) is 0 Å². The van der Waals surface area contributed by atoms with Crippen LogP contribution in [0.25, 0.3) is 0 Å². The van der Waals surface area contributed by atoms with Crippen molar-refractivity contribution in [3.05, 3.63) is 23.8 Å². The molecule has 1 aromatic carbocycles. The maximum absolute atomic E-state index is 12.4. The van der Waals surface area contributed by atoms with E-state index in [0.29, 0.717) is 23.5 Å². The summed E-state index contributed by atoms with van der Waals surface area (Å²) in [5.74, 6) is 1.02. The van der Waals surface area contributed by atoms with E-state index in [9.17, 15) is 4.79 Å². The topological polar surface area (TPSA) is 47.6 Å². The number of hydrogen-bond donors (Lipinski definition) is 1. The number of likely N-dealkylation sites (N-methyl/N-ethyl adjacent to an activating group) is 1. The summed E-state index contributed by atoms with van der Waals surface area (Å²) in [6.07, 6.45) is 0.517. The van der Waals surface area contributed by atoms with Crippen LogP contribution in [0.2, 0.25) is 0 Å². The zero-order chi connectivity index (χ0) is 14.8. The molecule has 92 valence electrons. The van der Waals surface area contributed by atoms with Gasteiger partial charge in [0.25, 0.3) is 0 Å². The van der Waals surface area contributed by atoms with E-state index in [1.807, 2.05) is 6.92 Å². The van der Waals surface area contributed by atoms with E-state index in [-0.39, 0.29) is 19.1 Å². The van der Waals surface area contributed by atoms with Crippen LogP contribution < -0.4 is 14.8 Å². The van der Waals surface area contributed by atoms with Crippen molar-refractivity contribution in [3.63, 3.8) is 0 Å². The maximum atomic E-state index is 12.4. The van der Waals surface area contributed by atoms with Crippen LogP contribution in [0.3, 0.4) is 0 Å². The Morgan fingerprint density at radius 3 is 3.12 bits per heavy atom. The smallest absolute Gasteiger partial charge is 0.231 e. The summed E-state index contributed by atoms with van der Waals surface area (Å²) in [6, 6.07) is 4.46. The largest absolute Gasteiger partial charge is 0.454 e. The van der Waals surface area contributed by atoms with Crippen LogP contribution in [-0.4, -0.2) is 25.2 Å². The zero-order valence-electron chi connectivity index (χ0n) is 12.7. The summed E-state index contributed by atoms with van der Waals surface area (Å²) >= 11 is 0. The number of carbonyl (C=O) groups excluding carboxylic acids is 1. The molecule has 0 fully saturated rings. The third-order valence-electron chi connectivity index (χ3n) is 2.73. The molecule has 0 radical (unpaired) electrons. The number of carbonyl (C=O) groups is 1. The summed E-state index contributed by atoms with van der Waals surface area (Å²) in [6.45, 7) is -0.298. The molecule has 2 rings (SSSR count). The Kier molecular flexibility index (Phi) is 2.60. The first kappa shape index (κ1) is 8.53. The number of ketones is 1. The van der Waals surface area contributed by atoms with Crippen LogP contribution in [-0.2, 0) is 0 Å². The third-order valence-corrected chi connectivity index (χ3v) is 2.73. The van der Waals surface area contributed by atoms with Crippen LogP contribution >= 0.6 is 0 Å². The van der Waals surface area contributed by atoms with Gasteiger partial charge in [0.15, 0.2) is 17.3 Å². The van der Waals surface area contributed by atoms with Crippen LogP contribution in [0.1, 0.15) is 34.7 Å². The number of hydrogen-bond acceptors (Lipinski definition) is 4. The molecule has 4 nitrogen and oxygen atoms in total. The Balaban J connectivity index is 2.08. The Bertz CT molecular complexity index is 502. The molecule has 0 aliphatic carbocycles. The van der Waals surface area contributed by atoms with Gasteiger partial charge in [-0.25, -0.2) is 0 Å². The van der Waals surface area contributed by atoms with Crippen LogP contribution in [0.5, 0.6) is 11.5 Å². The van der Waals surface area contributed by atoms with Crippen molar-refractivity contribution in [2.75, 3.05) is 13.3 Å². The van der Waals surface area contributed by atoms with Gasteiger partial charge in [-0.15, -0.1) is 0 Å². The van der Waals surface area contributed by atoms with Crippen molar-refractivity contribution >= 4 is 5.78 Å². The van der Waals surface area contributed by atoms with Gasteiger partial charge in [-0.3, -0.25) is 4.79 Å². The molecular weight excluding hydrogens is 218 g/mol. The molecule has 1 aliphatic rings. The average Bonchev–Trinajstić information content (AvgIpc) is 2.84. The lowest BCUT2D eigenvalue weighted by atomic mass is 10.0. The molecule has 0 amide bonds. The van der Waals surface area contributed by atoms with E-state index in [2.05, 4.69) is 5.32 Å². The van der Waals surface area contributed by atoms with Gasteiger partial charge in [-0.1, -0.05) is 13.8 Å². The number of rotatable bonds is 5. The molecule has 0 saturated carbocycles. The normalized spacial score (nSPS) is 18.1. The van der Waals surface area contributed by atoms with Gasteiger partial charge in [0, 0.05) is 9.68 Å². The number of ether oxygens (including phenoxy) is 2. The summed E-state index contributed by atoms with van der Waals surface area (Å²) in [5, 5.41) is 2.79. The van der Waals surface area contributed by atoms with Gasteiger partial charge in [-0.05, 0) is 31.2 Å². The fourth-order valence-corrected chi connectivity index (χ4v) is 1.80. The van der Waals surface area contributed by atoms with Crippen molar-refractivity contribution in [1.29, 1.82) is 0 Å². The van der Waals surface area contributed by atoms with Gasteiger partial charge < -0.3 is 14.8 Å². The van der Waals surface area contributed by atoms with E-state index in [0.717, 1.165) is 0 Å². The summed E-state index contributed by atoms with van der Waals surface area (Å²) in [5.41, 5.74) is 0.485. The van der Waals surface area contributed by atoms with Crippen molar-refractivity contribution in [2.45, 2.75) is 26.2 Å². The van der Waals surface area contributed by atoms with Crippen LogP contribution in [0.4, 0.5) is 0 Å². The second-order valence-electron chi connectivity index (χ2n) is 3.77. The third kappa shape index (κ3) is 2.42. The fourth-order valence-electron chi connectivity index (χ4n) is 1.80. The minimum Gasteiger partial charge on any atom is -0.454 e. The van der Waals surface area contributed by atoms with Crippen molar-refractivity contribution in [1.82, 2.24) is 5.32 Å². The molecule has 1 unspecified atom stereocenters. The second-order valence-corrected chi connectivity index (χ2v) is 3.77. The highest BCUT2D eigenvalue weighted by atomic mass is 16.7. The monoisotopic (exact) mass is 238 g/mol. The highest BCUT2D eigenvalue weighted by Crippen LogP contribution is 2.32. The Morgan fingerprint density at radius 2 is 2.35 bits per heavy atom. The molecule has 0 spiro atoms. The standard InChI is InChI=1S/C13H17NO3/c1-3-10(14-4-2)13(15)9-5-6-11-12(7-9)17-8-16-11/h5-7,10,14H,3-4,8H2,1-2H3/i2D3. The quantitative estimate of drug-likeness (QED) is 0.797. The van der Waals surface area contributed by atoms with Gasteiger partial charge in [0.05, 0.1) is 6.04 Å². The summed E-state index contributed by atoms with van der Waals surface area (Å²) < 4.78 is 31.9. The molecule has 0 saturated heterocycles. The summed E-state index contributed by atoms with van der Waals surface area (Å²) in [4.78, 5) is 12.4. The summed E-state index contributed by atoms with van der Waals surface area (Å²) in [7, 11) is 0. The predicted molar refractivity (Wildman–Crippen MR) is 64.7 cm³/mol. The molecule has 1 atom stereocenters. The molecule has 17 heavy (non-hydrogen) atoms. The van der Waals surface area contributed by atoms with E-state index in [1.165, 1.54) is 0 Å². The second kappa shape index (κ2) is 5.19. The van der Waals surface area contributed by atoms with Gasteiger partial charge >= 0.3 is 0 Å². The molecule has 1 aromatic rings. The Morgan fingerprint density at radius 1 is 1.53 bits per heavy atom. The molecular formula is C13H17NO3. The molecule has 0 aromatic heterocycles. The predicted octanol–water partition coefficient (Wildman–Crippen LogP) is 1.99. The number of nitrogens with one attached hydrogen (secondary N) is 1. The minimum atomic E-state index is -2.09. The van der Waals surface area contributed by atoms with E-state index >= 15 is 0 Å². The van der Waals surface area contributed by atoms with Crippen molar-refractivity contribution < 1.29 is 18.4 Å². The van der Waals surface area contributed by atoms with E-state index in [4.69, 9.17) is 13.6 Å².